The van der Waals surface area contributed by atoms with Gasteiger partial charge in [0.05, 0.1) is 6.04 Å². The second kappa shape index (κ2) is 5.82. The first-order chi connectivity index (χ1) is 8.25. The summed E-state index contributed by atoms with van der Waals surface area (Å²) in [7, 11) is 0. The Hall–Kier alpha value is -1.35. The van der Waals surface area contributed by atoms with Crippen LogP contribution in [0.2, 0.25) is 0 Å². The molecule has 2 rings (SSSR count). The topological polar surface area (TPSA) is 41.1 Å². The highest BCUT2D eigenvalue weighted by Gasteiger charge is 2.22. The lowest BCUT2D eigenvalue weighted by atomic mass is 10.1. The minimum absolute atomic E-state index is 0.0215. The van der Waals surface area contributed by atoms with Gasteiger partial charge < -0.3 is 10.6 Å². The van der Waals surface area contributed by atoms with Gasteiger partial charge in [0.2, 0.25) is 5.91 Å². The first-order valence-corrected chi connectivity index (χ1v) is 6.33. The molecule has 1 fully saturated rings. The van der Waals surface area contributed by atoms with E-state index >= 15 is 0 Å². The van der Waals surface area contributed by atoms with E-state index in [1.165, 1.54) is 5.56 Å². The Balaban J connectivity index is 1.80. The number of carbonyl (C=O) groups excluding carboxylic acids is 1. The number of hydrogen-bond acceptors (Lipinski definition) is 2. The van der Waals surface area contributed by atoms with Gasteiger partial charge in [0.1, 0.15) is 0 Å². The zero-order chi connectivity index (χ0) is 12.1. The summed E-state index contributed by atoms with van der Waals surface area (Å²) < 4.78 is 0. The predicted octanol–water partition coefficient (Wildman–Crippen LogP) is 1.49. The van der Waals surface area contributed by atoms with Crippen molar-refractivity contribution in [3.63, 3.8) is 0 Å². The van der Waals surface area contributed by atoms with Crippen molar-refractivity contribution in [1.29, 1.82) is 0 Å². The van der Waals surface area contributed by atoms with Gasteiger partial charge in [0, 0.05) is 6.04 Å². The number of nitrogens with one attached hydrogen (secondary N) is 2. The SMILES string of the molecule is C[C@@H](Cc1ccccc1)NC(=O)[C@H]1CCCN1. The number of amides is 1. The van der Waals surface area contributed by atoms with Crippen molar-refractivity contribution in [3.8, 4) is 0 Å². The molecule has 0 bridgehead atoms. The molecule has 1 aliphatic heterocycles. The van der Waals surface area contributed by atoms with Gasteiger partial charge in [-0.05, 0) is 38.3 Å². The van der Waals surface area contributed by atoms with Crippen LogP contribution in [0.5, 0.6) is 0 Å². The standard InChI is InChI=1S/C14H20N2O/c1-11(10-12-6-3-2-4-7-12)16-14(17)13-8-5-9-15-13/h2-4,6-7,11,13,15H,5,8-10H2,1H3,(H,16,17)/t11-,13+/m0/s1. The average Bonchev–Trinajstić information content (AvgIpc) is 2.83. The molecule has 0 radical (unpaired) electrons. The summed E-state index contributed by atoms with van der Waals surface area (Å²) in [6, 6.07) is 10.5. The van der Waals surface area contributed by atoms with Gasteiger partial charge in [-0.1, -0.05) is 30.3 Å². The minimum Gasteiger partial charge on any atom is -0.352 e. The Morgan fingerprint density at radius 2 is 2.24 bits per heavy atom. The number of hydrogen-bond donors (Lipinski definition) is 2. The fourth-order valence-corrected chi connectivity index (χ4v) is 2.27. The lowest BCUT2D eigenvalue weighted by molar-refractivity contribution is -0.123. The summed E-state index contributed by atoms with van der Waals surface area (Å²) in [5.41, 5.74) is 1.26. The first kappa shape index (κ1) is 12.1. The van der Waals surface area contributed by atoms with Crippen LogP contribution in [0.25, 0.3) is 0 Å². The van der Waals surface area contributed by atoms with E-state index < -0.39 is 0 Å². The molecule has 2 atom stereocenters. The molecule has 1 amide bonds. The molecule has 1 aliphatic rings. The highest BCUT2D eigenvalue weighted by atomic mass is 16.2. The highest BCUT2D eigenvalue weighted by molar-refractivity contribution is 5.82. The maximum absolute atomic E-state index is 11.9. The van der Waals surface area contributed by atoms with E-state index in [-0.39, 0.29) is 18.0 Å². The monoisotopic (exact) mass is 232 g/mol. The van der Waals surface area contributed by atoms with Gasteiger partial charge in [-0.25, -0.2) is 0 Å². The van der Waals surface area contributed by atoms with Crippen LogP contribution < -0.4 is 10.6 Å². The zero-order valence-electron chi connectivity index (χ0n) is 10.3. The van der Waals surface area contributed by atoms with E-state index in [4.69, 9.17) is 0 Å². The second-order valence-electron chi connectivity index (χ2n) is 4.75. The molecular formula is C14H20N2O. The van der Waals surface area contributed by atoms with E-state index in [1.807, 2.05) is 18.2 Å². The van der Waals surface area contributed by atoms with Gasteiger partial charge in [-0.2, -0.15) is 0 Å². The third kappa shape index (κ3) is 3.56. The third-order valence-corrected chi connectivity index (χ3v) is 3.15. The molecule has 17 heavy (non-hydrogen) atoms. The van der Waals surface area contributed by atoms with Crippen LogP contribution in [0.4, 0.5) is 0 Å². The van der Waals surface area contributed by atoms with Crippen molar-refractivity contribution in [2.75, 3.05) is 6.54 Å². The first-order valence-electron chi connectivity index (χ1n) is 6.33. The summed E-state index contributed by atoms with van der Waals surface area (Å²) in [6.07, 6.45) is 2.95. The maximum Gasteiger partial charge on any atom is 0.237 e. The average molecular weight is 232 g/mol. The molecule has 2 N–H and O–H groups in total. The van der Waals surface area contributed by atoms with Crippen molar-refractivity contribution >= 4 is 5.91 Å². The molecule has 3 heteroatoms. The lowest BCUT2D eigenvalue weighted by Crippen LogP contribution is -2.44. The molecule has 0 aliphatic carbocycles. The smallest absolute Gasteiger partial charge is 0.237 e. The Labute approximate surface area is 103 Å². The number of carbonyl (C=O) groups is 1. The summed E-state index contributed by atoms with van der Waals surface area (Å²) in [5.74, 6) is 0.144. The molecular weight excluding hydrogens is 212 g/mol. The summed E-state index contributed by atoms with van der Waals surface area (Å²) in [6.45, 7) is 3.02. The predicted molar refractivity (Wildman–Crippen MR) is 68.8 cm³/mol. The summed E-state index contributed by atoms with van der Waals surface area (Å²) >= 11 is 0. The van der Waals surface area contributed by atoms with Crippen molar-refractivity contribution in [3.05, 3.63) is 35.9 Å². The molecule has 0 aromatic heterocycles. The van der Waals surface area contributed by atoms with Crippen LogP contribution in [0, 0.1) is 0 Å². The van der Waals surface area contributed by atoms with Crippen LogP contribution in [-0.4, -0.2) is 24.5 Å². The van der Waals surface area contributed by atoms with Crippen LogP contribution in [0.1, 0.15) is 25.3 Å². The van der Waals surface area contributed by atoms with Crippen molar-refractivity contribution in [2.45, 2.75) is 38.3 Å². The van der Waals surface area contributed by atoms with E-state index in [0.717, 1.165) is 25.8 Å². The lowest BCUT2D eigenvalue weighted by Gasteiger charge is -2.17. The van der Waals surface area contributed by atoms with E-state index in [9.17, 15) is 4.79 Å². The van der Waals surface area contributed by atoms with Crippen LogP contribution >= 0.6 is 0 Å². The number of benzene rings is 1. The Kier molecular flexibility index (Phi) is 4.15. The normalized spacial score (nSPS) is 21.1. The molecule has 1 heterocycles. The quantitative estimate of drug-likeness (QED) is 0.825. The fourth-order valence-electron chi connectivity index (χ4n) is 2.27. The summed E-state index contributed by atoms with van der Waals surface area (Å²) in [4.78, 5) is 11.9. The van der Waals surface area contributed by atoms with Crippen LogP contribution in [0.3, 0.4) is 0 Å². The molecule has 92 valence electrons. The largest absolute Gasteiger partial charge is 0.352 e. The molecule has 0 spiro atoms. The Morgan fingerprint density at radius 3 is 2.88 bits per heavy atom. The molecule has 3 nitrogen and oxygen atoms in total. The highest BCUT2D eigenvalue weighted by Crippen LogP contribution is 2.07. The Bertz CT molecular complexity index is 358. The third-order valence-electron chi connectivity index (χ3n) is 3.15. The zero-order valence-corrected chi connectivity index (χ0v) is 10.3. The fraction of sp³-hybridized carbons (Fsp3) is 0.500. The molecule has 1 aromatic carbocycles. The molecule has 1 saturated heterocycles. The molecule has 0 unspecified atom stereocenters. The molecule has 0 saturated carbocycles. The van der Waals surface area contributed by atoms with Crippen molar-refractivity contribution < 1.29 is 4.79 Å². The van der Waals surface area contributed by atoms with E-state index in [2.05, 4.69) is 29.7 Å². The van der Waals surface area contributed by atoms with Crippen LogP contribution in [0.15, 0.2) is 30.3 Å². The molecule has 1 aromatic rings. The van der Waals surface area contributed by atoms with Gasteiger partial charge in [0.15, 0.2) is 0 Å². The maximum atomic E-state index is 11.9. The summed E-state index contributed by atoms with van der Waals surface area (Å²) in [5, 5.41) is 6.28. The van der Waals surface area contributed by atoms with Crippen LogP contribution in [-0.2, 0) is 11.2 Å². The van der Waals surface area contributed by atoms with Gasteiger partial charge in [-0.3, -0.25) is 4.79 Å². The van der Waals surface area contributed by atoms with Gasteiger partial charge >= 0.3 is 0 Å². The van der Waals surface area contributed by atoms with E-state index in [1.54, 1.807) is 0 Å². The minimum atomic E-state index is 0.0215. The number of rotatable bonds is 4. The van der Waals surface area contributed by atoms with Crippen molar-refractivity contribution in [2.24, 2.45) is 0 Å². The van der Waals surface area contributed by atoms with E-state index in [0.29, 0.717) is 0 Å². The Morgan fingerprint density at radius 1 is 1.47 bits per heavy atom. The van der Waals surface area contributed by atoms with Gasteiger partial charge in [0.25, 0.3) is 0 Å². The second-order valence-corrected chi connectivity index (χ2v) is 4.75. The van der Waals surface area contributed by atoms with Gasteiger partial charge in [-0.15, -0.1) is 0 Å². The van der Waals surface area contributed by atoms with Crippen molar-refractivity contribution in [1.82, 2.24) is 10.6 Å².